The number of H-pyrrole nitrogens is 1. The number of nitrogens with zero attached hydrogens (tertiary/aromatic N) is 4. The number of aromatic nitrogens is 3. The van der Waals surface area contributed by atoms with E-state index < -0.39 is 10.0 Å². The molecule has 0 bridgehead atoms. The molecule has 1 N–H and O–H groups in total. The Morgan fingerprint density at radius 1 is 1.13 bits per heavy atom. The molecule has 1 aliphatic heterocycles. The molecule has 8 nitrogen and oxygen atoms in total. The number of amides is 1. The van der Waals surface area contributed by atoms with Crippen LogP contribution in [-0.2, 0) is 10.0 Å². The number of nitrogens with one attached hydrogen (secondary N) is 1. The third-order valence-corrected chi connectivity index (χ3v) is 7.31. The minimum Gasteiger partial charge on any atom is -0.310 e. The number of sulfonamides is 1. The number of para-hydroxylation sites is 1. The van der Waals surface area contributed by atoms with Crippen LogP contribution in [0.3, 0.4) is 0 Å². The van der Waals surface area contributed by atoms with Gasteiger partial charge in [-0.2, -0.15) is 9.40 Å². The number of anilines is 1. The van der Waals surface area contributed by atoms with E-state index in [1.54, 1.807) is 36.3 Å². The van der Waals surface area contributed by atoms with Gasteiger partial charge in [0.25, 0.3) is 5.91 Å². The summed E-state index contributed by atoms with van der Waals surface area (Å²) in [4.78, 5) is 18.4. The Balaban J connectivity index is 1.42. The standard InChI is InChI=1S/C21H23N5O3S/c1-25(17-6-3-2-4-7-17)21(27)20-14-19(23-24-20)16-9-12-26(13-10-16)30(28,29)18-8-5-11-22-15-18/h2-8,11,14-16H,9-10,12-13H2,1H3,(H,23,24). The highest BCUT2D eigenvalue weighted by atomic mass is 32.2. The average Bonchev–Trinajstić information content (AvgIpc) is 3.30. The number of rotatable bonds is 5. The molecule has 9 heteroatoms. The van der Waals surface area contributed by atoms with Gasteiger partial charge in [0.2, 0.25) is 10.0 Å². The number of piperidine rings is 1. The van der Waals surface area contributed by atoms with Crippen molar-refractivity contribution in [2.45, 2.75) is 23.7 Å². The molecule has 1 fully saturated rings. The van der Waals surface area contributed by atoms with Crippen LogP contribution in [0.25, 0.3) is 0 Å². The van der Waals surface area contributed by atoms with Gasteiger partial charge in [0, 0.05) is 49.8 Å². The zero-order valence-electron chi connectivity index (χ0n) is 16.6. The fourth-order valence-electron chi connectivity index (χ4n) is 3.65. The quantitative estimate of drug-likeness (QED) is 0.677. The Morgan fingerprint density at radius 2 is 1.87 bits per heavy atom. The van der Waals surface area contributed by atoms with Gasteiger partial charge in [-0.05, 0) is 43.2 Å². The van der Waals surface area contributed by atoms with E-state index in [0.717, 1.165) is 11.4 Å². The number of aromatic amines is 1. The van der Waals surface area contributed by atoms with Crippen molar-refractivity contribution in [2.24, 2.45) is 0 Å². The number of pyridine rings is 1. The summed E-state index contributed by atoms with van der Waals surface area (Å²) in [7, 11) is -1.82. The van der Waals surface area contributed by atoms with E-state index in [1.165, 1.54) is 10.5 Å². The molecule has 0 aliphatic carbocycles. The van der Waals surface area contributed by atoms with Gasteiger partial charge in [-0.15, -0.1) is 0 Å². The summed E-state index contributed by atoms with van der Waals surface area (Å²) in [6.07, 6.45) is 4.24. The van der Waals surface area contributed by atoms with Crippen molar-refractivity contribution in [1.82, 2.24) is 19.5 Å². The lowest BCUT2D eigenvalue weighted by Gasteiger charge is -2.30. The van der Waals surface area contributed by atoms with Gasteiger partial charge in [-0.1, -0.05) is 18.2 Å². The first kappa shape index (κ1) is 20.2. The van der Waals surface area contributed by atoms with E-state index in [9.17, 15) is 13.2 Å². The summed E-state index contributed by atoms with van der Waals surface area (Å²) in [6.45, 7) is 0.822. The summed E-state index contributed by atoms with van der Waals surface area (Å²) >= 11 is 0. The van der Waals surface area contributed by atoms with E-state index in [-0.39, 0.29) is 16.7 Å². The molecule has 3 heterocycles. The van der Waals surface area contributed by atoms with Gasteiger partial charge in [0.05, 0.1) is 0 Å². The maximum atomic E-state index is 12.7. The van der Waals surface area contributed by atoms with Crippen LogP contribution in [0.15, 0.2) is 65.8 Å². The van der Waals surface area contributed by atoms with Gasteiger partial charge in [0.15, 0.2) is 5.69 Å². The first-order valence-electron chi connectivity index (χ1n) is 9.75. The second-order valence-corrected chi connectivity index (χ2v) is 9.21. The van der Waals surface area contributed by atoms with Crippen LogP contribution < -0.4 is 4.90 Å². The Bertz CT molecular complexity index is 1110. The van der Waals surface area contributed by atoms with Crippen molar-refractivity contribution in [3.8, 4) is 0 Å². The van der Waals surface area contributed by atoms with E-state index in [0.29, 0.717) is 31.6 Å². The van der Waals surface area contributed by atoms with Crippen molar-refractivity contribution >= 4 is 21.6 Å². The lowest BCUT2D eigenvalue weighted by atomic mass is 9.94. The van der Waals surface area contributed by atoms with E-state index >= 15 is 0 Å². The third-order valence-electron chi connectivity index (χ3n) is 5.43. The summed E-state index contributed by atoms with van der Waals surface area (Å²) < 4.78 is 27.0. The number of carbonyl (C=O) groups excluding carboxylic acids is 1. The maximum Gasteiger partial charge on any atom is 0.278 e. The Hall–Kier alpha value is -3.04. The fourth-order valence-corrected chi connectivity index (χ4v) is 5.09. The van der Waals surface area contributed by atoms with Crippen LogP contribution in [0.5, 0.6) is 0 Å². The van der Waals surface area contributed by atoms with Crippen LogP contribution >= 0.6 is 0 Å². The predicted molar refractivity (Wildman–Crippen MR) is 113 cm³/mol. The molecule has 4 rings (SSSR count). The maximum absolute atomic E-state index is 12.7. The second-order valence-electron chi connectivity index (χ2n) is 7.28. The second kappa shape index (κ2) is 8.37. The summed E-state index contributed by atoms with van der Waals surface area (Å²) in [5, 5.41) is 7.17. The van der Waals surface area contributed by atoms with Crippen molar-refractivity contribution in [2.75, 3.05) is 25.0 Å². The van der Waals surface area contributed by atoms with Crippen LogP contribution in [0, 0.1) is 0 Å². The molecular formula is C21H23N5O3S. The molecule has 0 saturated carbocycles. The van der Waals surface area contributed by atoms with Gasteiger partial charge in [-0.3, -0.25) is 14.9 Å². The van der Waals surface area contributed by atoms with Crippen LogP contribution in [0.1, 0.15) is 34.9 Å². The minimum absolute atomic E-state index is 0.126. The van der Waals surface area contributed by atoms with E-state index in [4.69, 9.17) is 0 Å². The summed E-state index contributed by atoms with van der Waals surface area (Å²) in [5.74, 6) is -0.0679. The van der Waals surface area contributed by atoms with E-state index in [2.05, 4.69) is 15.2 Å². The Labute approximate surface area is 175 Å². The molecule has 3 aromatic rings. The number of hydrogen-bond donors (Lipinski definition) is 1. The molecule has 30 heavy (non-hydrogen) atoms. The molecule has 1 amide bonds. The Kier molecular flexibility index (Phi) is 5.65. The van der Waals surface area contributed by atoms with E-state index in [1.807, 2.05) is 30.3 Å². The van der Waals surface area contributed by atoms with Crippen molar-refractivity contribution in [3.05, 3.63) is 72.3 Å². The van der Waals surface area contributed by atoms with Gasteiger partial charge >= 0.3 is 0 Å². The van der Waals surface area contributed by atoms with Gasteiger partial charge < -0.3 is 4.90 Å². The molecular weight excluding hydrogens is 402 g/mol. The van der Waals surface area contributed by atoms with Crippen molar-refractivity contribution in [1.29, 1.82) is 0 Å². The minimum atomic E-state index is -3.53. The lowest BCUT2D eigenvalue weighted by molar-refractivity contribution is 0.0988. The van der Waals surface area contributed by atoms with Crippen LogP contribution in [-0.4, -0.2) is 53.9 Å². The largest absolute Gasteiger partial charge is 0.310 e. The molecule has 1 saturated heterocycles. The number of hydrogen-bond acceptors (Lipinski definition) is 5. The van der Waals surface area contributed by atoms with Crippen molar-refractivity contribution in [3.63, 3.8) is 0 Å². The first-order valence-corrected chi connectivity index (χ1v) is 11.2. The van der Waals surface area contributed by atoms with Gasteiger partial charge in [0.1, 0.15) is 4.90 Å². The molecule has 0 radical (unpaired) electrons. The SMILES string of the molecule is CN(C(=O)c1cc(C2CCN(S(=O)(=O)c3cccnc3)CC2)[nH]n1)c1ccccc1. The topological polar surface area (TPSA) is 99.3 Å². The normalized spacial score (nSPS) is 15.8. The molecule has 0 spiro atoms. The van der Waals surface area contributed by atoms with Crippen LogP contribution in [0.2, 0.25) is 0 Å². The third kappa shape index (κ3) is 3.99. The highest BCUT2D eigenvalue weighted by molar-refractivity contribution is 7.89. The zero-order chi connectivity index (χ0) is 21.1. The molecule has 0 unspecified atom stereocenters. The summed E-state index contributed by atoms with van der Waals surface area (Å²) in [6, 6.07) is 14.3. The lowest BCUT2D eigenvalue weighted by Crippen LogP contribution is -2.38. The highest BCUT2D eigenvalue weighted by Gasteiger charge is 2.31. The smallest absolute Gasteiger partial charge is 0.278 e. The zero-order valence-corrected chi connectivity index (χ0v) is 17.4. The number of benzene rings is 1. The molecule has 2 aromatic heterocycles. The molecule has 1 aromatic carbocycles. The molecule has 156 valence electrons. The fraction of sp³-hybridized carbons (Fsp3) is 0.286. The first-order chi connectivity index (χ1) is 14.5. The molecule has 1 aliphatic rings. The monoisotopic (exact) mass is 425 g/mol. The highest BCUT2D eigenvalue weighted by Crippen LogP contribution is 2.30. The Morgan fingerprint density at radius 3 is 2.53 bits per heavy atom. The molecule has 0 atom stereocenters. The number of carbonyl (C=O) groups is 1. The van der Waals surface area contributed by atoms with Crippen LogP contribution in [0.4, 0.5) is 5.69 Å². The van der Waals surface area contributed by atoms with Crippen molar-refractivity contribution < 1.29 is 13.2 Å². The van der Waals surface area contributed by atoms with Gasteiger partial charge in [-0.25, -0.2) is 8.42 Å². The predicted octanol–water partition coefficient (Wildman–Crippen LogP) is 2.65. The average molecular weight is 426 g/mol. The summed E-state index contributed by atoms with van der Waals surface area (Å²) in [5.41, 5.74) is 2.00.